The number of rotatable bonds is 8. The van der Waals surface area contributed by atoms with Crippen LogP contribution in [0, 0.1) is 23.6 Å². The van der Waals surface area contributed by atoms with Gasteiger partial charge in [0.2, 0.25) is 0 Å². The van der Waals surface area contributed by atoms with Crippen molar-refractivity contribution in [2.24, 2.45) is 5.41 Å². The first-order chi connectivity index (χ1) is 20.8. The maximum Gasteiger partial charge on any atom is 0.395 e. The SMILES string of the molecule is C#Cc1cnc2c(Cl)cc(N[C@H](C3=CN(C4(C)CC4)NN3)c3ccc(F)c4ncccc34)cc2c1NCC(C)(C)C(F)(F)F. The fraction of sp³-hybridized carbons (Fsp3) is 0.312. The zero-order valence-corrected chi connectivity index (χ0v) is 25.0. The molecule has 2 aliphatic rings. The Morgan fingerprint density at radius 3 is 2.61 bits per heavy atom. The zero-order valence-electron chi connectivity index (χ0n) is 24.2. The zero-order chi connectivity index (χ0) is 31.4. The molecule has 0 bridgehead atoms. The van der Waals surface area contributed by atoms with Crippen molar-refractivity contribution in [2.45, 2.75) is 51.4 Å². The minimum atomic E-state index is -4.44. The topological polar surface area (TPSA) is 77.1 Å². The number of hydrazine groups is 2. The number of benzene rings is 2. The van der Waals surface area contributed by atoms with Crippen LogP contribution < -0.4 is 21.6 Å². The molecule has 0 spiro atoms. The van der Waals surface area contributed by atoms with Crippen LogP contribution in [0.15, 0.2) is 60.7 Å². The summed E-state index contributed by atoms with van der Waals surface area (Å²) in [5.41, 5.74) is 7.68. The Hall–Kier alpha value is -4.27. The molecule has 4 N–H and O–H groups in total. The van der Waals surface area contributed by atoms with E-state index in [0.717, 1.165) is 37.9 Å². The van der Waals surface area contributed by atoms with E-state index in [2.05, 4.69) is 44.4 Å². The molecule has 0 radical (unpaired) electrons. The Morgan fingerprint density at radius 2 is 1.91 bits per heavy atom. The van der Waals surface area contributed by atoms with Gasteiger partial charge in [0.05, 0.1) is 44.5 Å². The van der Waals surface area contributed by atoms with Gasteiger partial charge in [-0.3, -0.25) is 15.0 Å². The van der Waals surface area contributed by atoms with Crippen LogP contribution in [0.2, 0.25) is 5.02 Å². The molecule has 1 aliphatic heterocycles. The number of hydrogen-bond acceptors (Lipinski definition) is 7. The molecule has 0 amide bonds. The molecule has 3 heterocycles. The van der Waals surface area contributed by atoms with Crippen molar-refractivity contribution in [3.05, 3.63) is 82.7 Å². The van der Waals surface area contributed by atoms with Crippen LogP contribution >= 0.6 is 11.6 Å². The van der Waals surface area contributed by atoms with Crippen molar-refractivity contribution < 1.29 is 17.6 Å². The molecule has 6 rings (SSSR count). The van der Waals surface area contributed by atoms with Crippen molar-refractivity contribution in [1.82, 2.24) is 25.9 Å². The summed E-state index contributed by atoms with van der Waals surface area (Å²) in [6, 6.07) is 9.53. The third-order valence-electron chi connectivity index (χ3n) is 8.39. The third-order valence-corrected chi connectivity index (χ3v) is 8.67. The molecule has 44 heavy (non-hydrogen) atoms. The Balaban J connectivity index is 1.45. The molecule has 1 aliphatic carbocycles. The summed E-state index contributed by atoms with van der Waals surface area (Å²) in [5.74, 6) is 2.07. The fourth-order valence-electron chi connectivity index (χ4n) is 5.14. The van der Waals surface area contributed by atoms with E-state index in [1.807, 2.05) is 11.2 Å². The van der Waals surface area contributed by atoms with Crippen LogP contribution in [-0.4, -0.2) is 33.2 Å². The number of hydrogen-bond donors (Lipinski definition) is 4. The van der Waals surface area contributed by atoms with E-state index in [9.17, 15) is 17.6 Å². The minimum absolute atomic E-state index is 0.0277. The molecular formula is C32H30ClF4N7. The number of halogens is 5. The van der Waals surface area contributed by atoms with Crippen LogP contribution in [-0.2, 0) is 0 Å². The molecule has 7 nitrogen and oxygen atoms in total. The second-order valence-corrected chi connectivity index (χ2v) is 12.5. The highest BCUT2D eigenvalue weighted by molar-refractivity contribution is 6.35. The lowest BCUT2D eigenvalue weighted by Gasteiger charge is -2.29. The summed E-state index contributed by atoms with van der Waals surface area (Å²) in [4.78, 5) is 8.66. The van der Waals surface area contributed by atoms with E-state index >= 15 is 0 Å². The van der Waals surface area contributed by atoms with Crippen LogP contribution in [0.25, 0.3) is 21.8 Å². The lowest BCUT2D eigenvalue weighted by Crippen LogP contribution is -2.43. The summed E-state index contributed by atoms with van der Waals surface area (Å²) in [6.07, 6.45) is 8.28. The average Bonchev–Trinajstić information content (AvgIpc) is 3.53. The summed E-state index contributed by atoms with van der Waals surface area (Å²) in [7, 11) is 0. The lowest BCUT2D eigenvalue weighted by molar-refractivity contribution is -0.206. The number of nitrogens with zero attached hydrogens (tertiary/aromatic N) is 3. The molecule has 1 saturated carbocycles. The van der Waals surface area contributed by atoms with Gasteiger partial charge >= 0.3 is 6.18 Å². The fourth-order valence-corrected chi connectivity index (χ4v) is 5.41. The molecular weight excluding hydrogens is 594 g/mol. The number of terminal acetylenes is 1. The molecule has 0 unspecified atom stereocenters. The Labute approximate surface area is 257 Å². The van der Waals surface area contributed by atoms with Crippen LogP contribution in [0.4, 0.5) is 28.9 Å². The standard InChI is InChI=1S/C32H30ClF4N7/c1-5-18-15-39-27-22(26(18)40-17-30(2,3)32(35,36)37)13-19(14-23(27)33)41-29(25-16-44(43-42-25)31(4)10-11-31)21-8-9-24(34)28-20(21)7-6-12-38-28/h1,6-9,12-16,29,41-43H,10-11,17H2,2-4H3,(H,39,40)/t29-/m0/s1. The predicted octanol–water partition coefficient (Wildman–Crippen LogP) is 7.43. The van der Waals surface area contributed by atoms with Gasteiger partial charge in [-0.1, -0.05) is 29.7 Å². The summed E-state index contributed by atoms with van der Waals surface area (Å²) < 4.78 is 55.8. The maximum absolute atomic E-state index is 14.8. The van der Waals surface area contributed by atoms with E-state index in [4.69, 9.17) is 18.0 Å². The minimum Gasteiger partial charge on any atom is -0.383 e. The highest BCUT2D eigenvalue weighted by Crippen LogP contribution is 2.43. The number of pyridine rings is 2. The summed E-state index contributed by atoms with van der Waals surface area (Å²) in [5, 5.41) is 9.80. The summed E-state index contributed by atoms with van der Waals surface area (Å²) >= 11 is 6.72. The van der Waals surface area contributed by atoms with E-state index in [1.54, 1.807) is 30.3 Å². The number of nitrogens with one attached hydrogen (secondary N) is 4. The van der Waals surface area contributed by atoms with Gasteiger partial charge in [-0.2, -0.15) is 13.2 Å². The number of fused-ring (bicyclic) bond motifs is 2. The predicted molar refractivity (Wildman–Crippen MR) is 165 cm³/mol. The van der Waals surface area contributed by atoms with Gasteiger partial charge in [-0.25, -0.2) is 4.39 Å². The Morgan fingerprint density at radius 1 is 1.14 bits per heavy atom. The van der Waals surface area contributed by atoms with Crippen LogP contribution in [0.1, 0.15) is 50.8 Å². The van der Waals surface area contributed by atoms with E-state index in [-0.39, 0.29) is 16.1 Å². The smallest absolute Gasteiger partial charge is 0.383 e. The Bertz CT molecular complexity index is 1840. The van der Waals surface area contributed by atoms with Crippen molar-refractivity contribution >= 4 is 44.8 Å². The van der Waals surface area contributed by atoms with Gasteiger partial charge in [0, 0.05) is 41.6 Å². The first-order valence-electron chi connectivity index (χ1n) is 14.0. The second-order valence-electron chi connectivity index (χ2n) is 12.1. The van der Waals surface area contributed by atoms with E-state index in [1.165, 1.54) is 18.5 Å². The molecule has 1 fully saturated rings. The molecule has 2 aromatic carbocycles. The van der Waals surface area contributed by atoms with Crippen LogP contribution in [0.5, 0.6) is 0 Å². The molecule has 4 aromatic rings. The van der Waals surface area contributed by atoms with Gasteiger partial charge in [0.25, 0.3) is 0 Å². The molecule has 0 saturated heterocycles. The average molecular weight is 624 g/mol. The largest absolute Gasteiger partial charge is 0.395 e. The highest BCUT2D eigenvalue weighted by atomic mass is 35.5. The van der Waals surface area contributed by atoms with E-state index < -0.39 is 30.0 Å². The second kappa shape index (κ2) is 10.7. The van der Waals surface area contributed by atoms with E-state index in [0.29, 0.717) is 33.2 Å². The lowest BCUT2D eigenvalue weighted by atomic mass is 9.92. The Kier molecular flexibility index (Phi) is 7.25. The summed E-state index contributed by atoms with van der Waals surface area (Å²) in [6.45, 7) is 3.96. The highest BCUT2D eigenvalue weighted by Gasteiger charge is 2.47. The van der Waals surface area contributed by atoms with Gasteiger partial charge in [-0.05, 0) is 63.4 Å². The van der Waals surface area contributed by atoms with Crippen molar-refractivity contribution in [2.75, 3.05) is 17.2 Å². The molecule has 1 atom stereocenters. The monoisotopic (exact) mass is 623 g/mol. The van der Waals surface area contributed by atoms with Crippen molar-refractivity contribution in [1.29, 1.82) is 0 Å². The normalized spacial score (nSPS) is 16.8. The first-order valence-corrected chi connectivity index (χ1v) is 14.4. The van der Waals surface area contributed by atoms with Gasteiger partial charge < -0.3 is 16.1 Å². The maximum atomic E-state index is 14.8. The molecule has 12 heteroatoms. The molecule has 2 aromatic heterocycles. The van der Waals surface area contributed by atoms with Crippen molar-refractivity contribution in [3.8, 4) is 12.3 Å². The first kappa shape index (κ1) is 29.8. The number of aromatic nitrogens is 2. The third kappa shape index (κ3) is 5.33. The van der Waals surface area contributed by atoms with Gasteiger partial charge in [0.15, 0.2) is 0 Å². The van der Waals surface area contributed by atoms with Crippen LogP contribution in [0.3, 0.4) is 0 Å². The molecule has 228 valence electrons. The number of anilines is 2. The quantitative estimate of drug-likeness (QED) is 0.120. The van der Waals surface area contributed by atoms with Gasteiger partial charge in [-0.15, -0.1) is 12.0 Å². The number of alkyl halides is 3. The van der Waals surface area contributed by atoms with Gasteiger partial charge in [0.1, 0.15) is 11.3 Å². The van der Waals surface area contributed by atoms with Crippen molar-refractivity contribution in [3.63, 3.8) is 0 Å².